The molecule has 1 aromatic carbocycles. The lowest BCUT2D eigenvalue weighted by atomic mass is 10.1. The quantitative estimate of drug-likeness (QED) is 0.720. The SMILES string of the molecule is CCC(NC(=O)Cc1c(C)noc1C)c1ncc(-c2ccccc2)[nH]1. The van der Waals surface area contributed by atoms with Crippen molar-refractivity contribution in [3.63, 3.8) is 0 Å². The van der Waals surface area contributed by atoms with Crippen molar-refractivity contribution in [2.75, 3.05) is 0 Å². The number of rotatable bonds is 6. The summed E-state index contributed by atoms with van der Waals surface area (Å²) in [6.45, 7) is 5.68. The summed E-state index contributed by atoms with van der Waals surface area (Å²) in [5.74, 6) is 1.37. The monoisotopic (exact) mass is 338 g/mol. The van der Waals surface area contributed by atoms with Crippen LogP contribution in [0.3, 0.4) is 0 Å². The first kappa shape index (κ1) is 17.0. The molecule has 2 N–H and O–H groups in total. The summed E-state index contributed by atoms with van der Waals surface area (Å²) in [4.78, 5) is 20.2. The fourth-order valence-electron chi connectivity index (χ4n) is 2.80. The lowest BCUT2D eigenvalue weighted by molar-refractivity contribution is -0.121. The molecule has 3 rings (SSSR count). The van der Waals surface area contributed by atoms with E-state index in [4.69, 9.17) is 4.52 Å². The third-order valence-electron chi connectivity index (χ3n) is 4.27. The lowest BCUT2D eigenvalue weighted by Crippen LogP contribution is -2.30. The molecular weight excluding hydrogens is 316 g/mol. The number of hydrogen-bond donors (Lipinski definition) is 2. The number of amides is 1. The Morgan fingerprint density at radius 1 is 1.28 bits per heavy atom. The lowest BCUT2D eigenvalue weighted by Gasteiger charge is -2.14. The number of aromatic amines is 1. The van der Waals surface area contributed by atoms with Gasteiger partial charge in [0.1, 0.15) is 11.6 Å². The fraction of sp³-hybridized carbons (Fsp3) is 0.316. The zero-order valence-corrected chi connectivity index (χ0v) is 14.7. The minimum atomic E-state index is -0.162. The van der Waals surface area contributed by atoms with Crippen molar-refractivity contribution in [1.82, 2.24) is 20.4 Å². The van der Waals surface area contributed by atoms with Crippen LogP contribution in [-0.4, -0.2) is 21.0 Å². The van der Waals surface area contributed by atoms with E-state index in [1.807, 2.05) is 51.1 Å². The van der Waals surface area contributed by atoms with Gasteiger partial charge in [0.25, 0.3) is 0 Å². The number of hydrogen-bond acceptors (Lipinski definition) is 4. The molecule has 2 aromatic heterocycles. The van der Waals surface area contributed by atoms with E-state index in [9.17, 15) is 4.79 Å². The summed E-state index contributed by atoms with van der Waals surface area (Å²) >= 11 is 0. The van der Waals surface area contributed by atoms with Crippen molar-refractivity contribution >= 4 is 5.91 Å². The molecule has 1 atom stereocenters. The average molecular weight is 338 g/mol. The minimum absolute atomic E-state index is 0.0705. The molecule has 1 unspecified atom stereocenters. The summed E-state index contributed by atoms with van der Waals surface area (Å²) in [5, 5.41) is 6.93. The van der Waals surface area contributed by atoms with Crippen LogP contribution in [0.5, 0.6) is 0 Å². The van der Waals surface area contributed by atoms with E-state index < -0.39 is 0 Å². The Morgan fingerprint density at radius 3 is 2.68 bits per heavy atom. The second-order valence-electron chi connectivity index (χ2n) is 6.06. The number of imidazole rings is 1. The molecule has 6 nitrogen and oxygen atoms in total. The summed E-state index contributed by atoms with van der Waals surface area (Å²) in [7, 11) is 0. The van der Waals surface area contributed by atoms with Gasteiger partial charge in [0, 0.05) is 5.56 Å². The zero-order valence-electron chi connectivity index (χ0n) is 14.7. The van der Waals surface area contributed by atoms with E-state index in [2.05, 4.69) is 20.4 Å². The summed E-state index contributed by atoms with van der Waals surface area (Å²) in [6, 6.07) is 9.83. The third kappa shape index (κ3) is 3.79. The van der Waals surface area contributed by atoms with Crippen molar-refractivity contribution in [2.24, 2.45) is 0 Å². The Kier molecular flexibility index (Phi) is 4.97. The molecule has 0 saturated heterocycles. The number of benzene rings is 1. The van der Waals surface area contributed by atoms with Crippen molar-refractivity contribution in [2.45, 2.75) is 39.7 Å². The molecule has 0 aliphatic heterocycles. The second kappa shape index (κ2) is 7.34. The Labute approximate surface area is 146 Å². The largest absolute Gasteiger partial charge is 0.361 e. The van der Waals surface area contributed by atoms with E-state index in [0.717, 1.165) is 34.8 Å². The first-order chi connectivity index (χ1) is 12.1. The summed E-state index contributed by atoms with van der Waals surface area (Å²) < 4.78 is 5.12. The normalized spacial score (nSPS) is 12.1. The number of aryl methyl sites for hydroxylation is 2. The van der Waals surface area contributed by atoms with E-state index in [1.54, 1.807) is 6.20 Å². The average Bonchev–Trinajstić information content (AvgIpc) is 3.23. The first-order valence-corrected chi connectivity index (χ1v) is 8.40. The van der Waals surface area contributed by atoms with Gasteiger partial charge in [0.2, 0.25) is 5.91 Å². The van der Waals surface area contributed by atoms with Gasteiger partial charge in [-0.25, -0.2) is 4.98 Å². The predicted octanol–water partition coefficient (Wildman–Crippen LogP) is 3.49. The van der Waals surface area contributed by atoms with Crippen LogP contribution in [0.1, 0.15) is 42.2 Å². The van der Waals surface area contributed by atoms with Crippen molar-refractivity contribution in [3.05, 3.63) is 59.4 Å². The molecule has 0 aliphatic carbocycles. The molecule has 1 amide bonds. The van der Waals surface area contributed by atoms with Crippen LogP contribution >= 0.6 is 0 Å². The Morgan fingerprint density at radius 2 is 2.04 bits per heavy atom. The van der Waals surface area contributed by atoms with Gasteiger partial charge in [-0.05, 0) is 25.8 Å². The Hall–Kier alpha value is -2.89. The van der Waals surface area contributed by atoms with Crippen molar-refractivity contribution < 1.29 is 9.32 Å². The van der Waals surface area contributed by atoms with E-state index in [1.165, 1.54) is 0 Å². The molecule has 130 valence electrons. The van der Waals surface area contributed by atoms with E-state index >= 15 is 0 Å². The molecule has 0 radical (unpaired) electrons. The fourth-order valence-corrected chi connectivity index (χ4v) is 2.80. The highest BCUT2D eigenvalue weighted by atomic mass is 16.5. The Balaban J connectivity index is 1.70. The molecule has 3 aromatic rings. The van der Waals surface area contributed by atoms with Crippen LogP contribution in [0.4, 0.5) is 0 Å². The highest BCUT2D eigenvalue weighted by Gasteiger charge is 2.19. The Bertz CT molecular complexity index is 832. The maximum absolute atomic E-state index is 12.4. The smallest absolute Gasteiger partial charge is 0.225 e. The molecular formula is C19H22N4O2. The van der Waals surface area contributed by atoms with Gasteiger partial charge < -0.3 is 14.8 Å². The molecule has 6 heteroatoms. The van der Waals surface area contributed by atoms with Crippen LogP contribution in [0.25, 0.3) is 11.3 Å². The molecule has 0 aliphatic rings. The van der Waals surface area contributed by atoms with E-state index in [0.29, 0.717) is 5.76 Å². The molecule has 0 bridgehead atoms. The van der Waals surface area contributed by atoms with Gasteiger partial charge in [-0.2, -0.15) is 0 Å². The molecule has 0 spiro atoms. The minimum Gasteiger partial charge on any atom is -0.361 e. The van der Waals surface area contributed by atoms with Crippen molar-refractivity contribution in [3.8, 4) is 11.3 Å². The number of carbonyl (C=O) groups is 1. The van der Waals surface area contributed by atoms with Gasteiger partial charge in [-0.1, -0.05) is 42.4 Å². The van der Waals surface area contributed by atoms with Gasteiger partial charge >= 0.3 is 0 Å². The predicted molar refractivity (Wildman–Crippen MR) is 94.9 cm³/mol. The molecule has 2 heterocycles. The standard InChI is InChI=1S/C19H22N4O2/c1-4-16(21-18(24)10-15-12(2)23-25-13(15)3)19-20-11-17(22-19)14-8-6-5-7-9-14/h5-9,11,16H,4,10H2,1-3H3,(H,20,22)(H,21,24). The second-order valence-corrected chi connectivity index (χ2v) is 6.06. The van der Waals surface area contributed by atoms with Crippen molar-refractivity contribution in [1.29, 1.82) is 0 Å². The number of H-pyrrole nitrogens is 1. The highest BCUT2D eigenvalue weighted by molar-refractivity contribution is 5.79. The van der Waals surface area contributed by atoms with Crippen LogP contribution in [0, 0.1) is 13.8 Å². The summed E-state index contributed by atoms with van der Waals surface area (Å²) in [5.41, 5.74) is 3.61. The molecule has 0 fully saturated rings. The van der Waals surface area contributed by atoms with Crippen LogP contribution in [0.2, 0.25) is 0 Å². The zero-order chi connectivity index (χ0) is 17.8. The van der Waals surface area contributed by atoms with Gasteiger partial charge in [0.05, 0.1) is 30.0 Å². The van der Waals surface area contributed by atoms with Gasteiger partial charge in [-0.15, -0.1) is 0 Å². The number of nitrogens with zero attached hydrogens (tertiary/aromatic N) is 2. The number of carbonyl (C=O) groups excluding carboxylic acids is 1. The summed E-state index contributed by atoms with van der Waals surface area (Å²) in [6.07, 6.45) is 2.80. The van der Waals surface area contributed by atoms with Crippen LogP contribution < -0.4 is 5.32 Å². The van der Waals surface area contributed by atoms with Crippen LogP contribution in [-0.2, 0) is 11.2 Å². The number of nitrogens with one attached hydrogen (secondary N) is 2. The molecule has 0 saturated carbocycles. The highest BCUT2D eigenvalue weighted by Crippen LogP contribution is 2.21. The van der Waals surface area contributed by atoms with E-state index in [-0.39, 0.29) is 18.4 Å². The molecule has 25 heavy (non-hydrogen) atoms. The topological polar surface area (TPSA) is 83.8 Å². The van der Waals surface area contributed by atoms with Gasteiger partial charge in [-0.3, -0.25) is 4.79 Å². The number of aromatic nitrogens is 3. The van der Waals surface area contributed by atoms with Gasteiger partial charge in [0.15, 0.2) is 0 Å². The third-order valence-corrected chi connectivity index (χ3v) is 4.27. The van der Waals surface area contributed by atoms with Crippen LogP contribution in [0.15, 0.2) is 41.1 Å². The first-order valence-electron chi connectivity index (χ1n) is 8.40. The maximum atomic E-state index is 12.4. The maximum Gasteiger partial charge on any atom is 0.225 e.